The number of amides is 2. The van der Waals surface area contributed by atoms with Crippen LogP contribution in [0.25, 0.3) is 11.0 Å². The molecule has 0 spiro atoms. The van der Waals surface area contributed by atoms with Crippen LogP contribution in [0.3, 0.4) is 0 Å². The van der Waals surface area contributed by atoms with Gasteiger partial charge < -0.3 is 33.3 Å². The molecular formula is C31H35F3N4O6S. The monoisotopic (exact) mass is 648 g/mol. The van der Waals surface area contributed by atoms with E-state index in [0.29, 0.717) is 43.7 Å². The van der Waals surface area contributed by atoms with Crippen molar-refractivity contribution in [2.45, 2.75) is 52.6 Å². The van der Waals surface area contributed by atoms with Crippen LogP contribution in [0.5, 0.6) is 5.75 Å². The molecule has 45 heavy (non-hydrogen) atoms. The molecule has 2 amide bonds. The molecule has 0 unspecified atom stereocenters. The summed E-state index contributed by atoms with van der Waals surface area (Å²) >= 11 is 1.08. The number of carbonyl (C=O) groups is 2. The van der Waals surface area contributed by atoms with Gasteiger partial charge in [0, 0.05) is 61.2 Å². The molecule has 0 radical (unpaired) electrons. The lowest BCUT2D eigenvalue weighted by molar-refractivity contribution is -0.274. The Morgan fingerprint density at radius 3 is 2.33 bits per heavy atom. The quantitative estimate of drug-likeness (QED) is 0.266. The third-order valence-corrected chi connectivity index (χ3v) is 8.14. The molecule has 1 fully saturated rings. The molecule has 0 saturated carbocycles. The highest BCUT2D eigenvalue weighted by Gasteiger charge is 2.34. The molecule has 242 valence electrons. The first-order valence-corrected chi connectivity index (χ1v) is 15.7. The first-order chi connectivity index (χ1) is 21.1. The lowest BCUT2D eigenvalue weighted by Crippen LogP contribution is -2.50. The highest BCUT2D eigenvalue weighted by Crippen LogP contribution is 2.35. The number of nitrogens with one attached hydrogen (secondary N) is 1. The average molecular weight is 649 g/mol. The van der Waals surface area contributed by atoms with Crippen molar-refractivity contribution >= 4 is 46.3 Å². The predicted octanol–water partition coefficient (Wildman–Crippen LogP) is 5.95. The van der Waals surface area contributed by atoms with E-state index in [2.05, 4.69) is 14.4 Å². The number of halogens is 3. The Kier molecular flexibility index (Phi) is 8.89. The summed E-state index contributed by atoms with van der Waals surface area (Å²) < 4.78 is 57.2. The molecule has 0 bridgehead atoms. The van der Waals surface area contributed by atoms with Gasteiger partial charge in [0.25, 0.3) is 5.91 Å². The molecule has 14 heteroatoms. The van der Waals surface area contributed by atoms with Crippen molar-refractivity contribution < 1.29 is 36.7 Å². The van der Waals surface area contributed by atoms with Crippen molar-refractivity contribution in [3.8, 4) is 5.75 Å². The molecule has 1 saturated heterocycles. The Morgan fingerprint density at radius 2 is 1.69 bits per heavy atom. The van der Waals surface area contributed by atoms with Crippen molar-refractivity contribution in [3.05, 3.63) is 63.0 Å². The maximum absolute atomic E-state index is 13.4. The van der Waals surface area contributed by atoms with E-state index in [9.17, 15) is 27.6 Å². The minimum Gasteiger partial charge on any atom is -0.444 e. The third-order valence-electron chi connectivity index (χ3n) is 7.71. The number of fused-ring (bicyclic) bond motifs is 3. The van der Waals surface area contributed by atoms with Gasteiger partial charge in [0.1, 0.15) is 11.2 Å². The van der Waals surface area contributed by atoms with Crippen LogP contribution in [0.2, 0.25) is 0 Å². The van der Waals surface area contributed by atoms with Crippen LogP contribution in [0.4, 0.5) is 29.3 Å². The Balaban J connectivity index is 1.35. The predicted molar refractivity (Wildman–Crippen MR) is 166 cm³/mol. The summed E-state index contributed by atoms with van der Waals surface area (Å²) in [5.74, 6) is -1.05. The van der Waals surface area contributed by atoms with Crippen molar-refractivity contribution in [2.75, 3.05) is 48.6 Å². The van der Waals surface area contributed by atoms with Gasteiger partial charge in [-0.3, -0.25) is 4.79 Å². The fourth-order valence-electron chi connectivity index (χ4n) is 5.67. The van der Waals surface area contributed by atoms with Crippen LogP contribution >= 0.6 is 11.9 Å². The van der Waals surface area contributed by atoms with Crippen LogP contribution in [-0.2, 0) is 17.7 Å². The van der Waals surface area contributed by atoms with Gasteiger partial charge >= 0.3 is 18.1 Å². The molecular weight excluding hydrogens is 613 g/mol. The summed E-state index contributed by atoms with van der Waals surface area (Å²) in [6, 6.07) is 7.70. The Bertz CT molecular complexity index is 1680. The summed E-state index contributed by atoms with van der Waals surface area (Å²) in [6.45, 7) is 9.76. The van der Waals surface area contributed by atoms with E-state index in [1.165, 1.54) is 17.0 Å². The SMILES string of the molecule is CSNc1ccc(C(=O)N2CCc3c(c(=O)oc4c(C)c(N5CCN(C(=O)OC(C)(C)C)CC5)ccc34)C2)cc1OC(F)(F)F. The highest BCUT2D eigenvalue weighted by atomic mass is 32.2. The number of hydrogen-bond acceptors (Lipinski definition) is 9. The molecule has 1 N–H and O–H groups in total. The zero-order valence-electron chi connectivity index (χ0n) is 25.7. The van der Waals surface area contributed by atoms with Crippen LogP contribution in [0, 0.1) is 6.92 Å². The number of anilines is 2. The fraction of sp³-hybridized carbons (Fsp3) is 0.452. The van der Waals surface area contributed by atoms with Gasteiger partial charge in [0.15, 0.2) is 5.75 Å². The number of carbonyl (C=O) groups excluding carboxylic acids is 2. The first-order valence-electron chi connectivity index (χ1n) is 14.4. The van der Waals surface area contributed by atoms with Crippen LogP contribution in [0.1, 0.15) is 47.8 Å². The lowest BCUT2D eigenvalue weighted by Gasteiger charge is -2.37. The van der Waals surface area contributed by atoms with Crippen LogP contribution in [0.15, 0.2) is 39.5 Å². The second-order valence-electron chi connectivity index (χ2n) is 11.9. The Labute approximate surface area is 262 Å². The minimum atomic E-state index is -4.94. The summed E-state index contributed by atoms with van der Waals surface area (Å²) in [7, 11) is 0. The van der Waals surface area contributed by atoms with E-state index >= 15 is 0 Å². The van der Waals surface area contributed by atoms with Crippen molar-refractivity contribution in [2.24, 2.45) is 0 Å². The van der Waals surface area contributed by atoms with Gasteiger partial charge in [0.2, 0.25) is 0 Å². The average Bonchev–Trinajstić information content (AvgIpc) is 2.97. The zero-order chi connectivity index (χ0) is 32.7. The van der Waals surface area contributed by atoms with E-state index in [-0.39, 0.29) is 30.4 Å². The van der Waals surface area contributed by atoms with Gasteiger partial charge in [-0.1, -0.05) is 11.9 Å². The molecule has 3 aromatic rings. The molecule has 5 rings (SSSR count). The van der Waals surface area contributed by atoms with E-state index in [4.69, 9.17) is 9.15 Å². The van der Waals surface area contributed by atoms with E-state index in [1.54, 1.807) is 11.2 Å². The minimum absolute atomic E-state index is 0.00165. The standard InChI is InChI=1S/C31H35F3N4O6S/c1-18-24(36-12-14-37(15-13-36)29(41)44-30(2,3)4)9-7-21-20-10-11-38(17-22(20)28(40)42-26(18)21)27(39)19-6-8-23(35-45-5)25(16-19)43-31(32,33)34/h6-9,16,35H,10-15,17H2,1-5H3. The Hall–Kier alpha value is -4.07. The Morgan fingerprint density at radius 1 is 0.978 bits per heavy atom. The summed E-state index contributed by atoms with van der Waals surface area (Å²) in [6.07, 6.45) is -3.27. The number of ether oxygens (including phenoxy) is 2. The van der Waals surface area contributed by atoms with Gasteiger partial charge in [-0.25, -0.2) is 9.59 Å². The topological polar surface area (TPSA) is 105 Å². The highest BCUT2D eigenvalue weighted by molar-refractivity contribution is 7.99. The summed E-state index contributed by atoms with van der Waals surface area (Å²) in [5.41, 5.74) is 2.24. The maximum Gasteiger partial charge on any atom is 0.573 e. The second kappa shape index (κ2) is 12.4. The second-order valence-corrected chi connectivity index (χ2v) is 12.5. The van der Waals surface area contributed by atoms with Crippen molar-refractivity contribution in [1.29, 1.82) is 0 Å². The van der Waals surface area contributed by atoms with Gasteiger partial charge in [-0.2, -0.15) is 0 Å². The fourth-order valence-corrected chi connectivity index (χ4v) is 6.05. The number of rotatable bonds is 5. The zero-order valence-corrected chi connectivity index (χ0v) is 26.5. The third kappa shape index (κ3) is 7.10. The number of hydrogen-bond donors (Lipinski definition) is 1. The molecule has 2 aliphatic heterocycles. The maximum atomic E-state index is 13.4. The van der Waals surface area contributed by atoms with E-state index in [0.717, 1.165) is 40.2 Å². The molecule has 1 aromatic heterocycles. The first kappa shape index (κ1) is 32.3. The van der Waals surface area contributed by atoms with E-state index < -0.39 is 29.2 Å². The molecule has 0 atom stereocenters. The molecule has 0 aliphatic carbocycles. The number of benzene rings is 2. The van der Waals surface area contributed by atoms with Crippen LogP contribution in [-0.4, -0.2) is 72.7 Å². The lowest BCUT2D eigenvalue weighted by atomic mass is 9.95. The number of nitrogens with zero attached hydrogens (tertiary/aromatic N) is 3. The van der Waals surface area contributed by atoms with Crippen LogP contribution < -0.4 is 20.0 Å². The number of piperazine rings is 1. The van der Waals surface area contributed by atoms with Gasteiger partial charge in [0.05, 0.1) is 17.8 Å². The van der Waals surface area contributed by atoms with Gasteiger partial charge in [-0.15, -0.1) is 13.2 Å². The summed E-state index contributed by atoms with van der Waals surface area (Å²) in [4.78, 5) is 44.4. The normalized spacial score (nSPS) is 15.6. The van der Waals surface area contributed by atoms with Crippen molar-refractivity contribution in [3.63, 3.8) is 0 Å². The smallest absolute Gasteiger partial charge is 0.444 e. The largest absolute Gasteiger partial charge is 0.573 e. The number of aryl methyl sites for hydroxylation is 1. The molecule has 3 heterocycles. The van der Waals surface area contributed by atoms with Crippen molar-refractivity contribution in [1.82, 2.24) is 9.80 Å². The van der Waals surface area contributed by atoms with Gasteiger partial charge in [-0.05, 0) is 70.0 Å². The number of alkyl halides is 3. The molecule has 2 aliphatic rings. The molecule has 2 aromatic carbocycles. The molecule has 10 nitrogen and oxygen atoms in total. The summed E-state index contributed by atoms with van der Waals surface area (Å²) in [5, 5.41) is 0.777. The van der Waals surface area contributed by atoms with E-state index in [1.807, 2.05) is 39.8 Å².